The highest BCUT2D eigenvalue weighted by molar-refractivity contribution is 8.14. The van der Waals surface area contributed by atoms with Crippen molar-refractivity contribution in [3.63, 3.8) is 0 Å². The molecule has 1 saturated heterocycles. The molecule has 0 bridgehead atoms. The Labute approximate surface area is 132 Å². The van der Waals surface area contributed by atoms with Crippen molar-refractivity contribution in [3.05, 3.63) is 71.8 Å². The molecule has 1 aliphatic rings. The highest BCUT2D eigenvalue weighted by Crippen LogP contribution is 2.39. The lowest BCUT2D eigenvalue weighted by atomic mass is 10.2. The number of nitrogens with one attached hydrogen (secondary N) is 1. The average molecular weight is 314 g/mol. The average Bonchev–Trinajstić information content (AvgIpc) is 2.87. The van der Waals surface area contributed by atoms with Gasteiger partial charge in [-0.05, 0) is 11.1 Å². The second-order valence-electron chi connectivity index (χ2n) is 5.20. The Bertz CT molecular complexity index is 619. The van der Waals surface area contributed by atoms with Gasteiger partial charge >= 0.3 is 6.03 Å². The highest BCUT2D eigenvalue weighted by Gasteiger charge is 2.31. The summed E-state index contributed by atoms with van der Waals surface area (Å²) in [6.45, 7) is 0.171. The molecule has 5 heteroatoms. The summed E-state index contributed by atoms with van der Waals surface area (Å²) < 4.78 is 1.71. The Morgan fingerprint density at radius 1 is 0.864 bits per heavy atom. The molecule has 1 aliphatic heterocycles. The molecular formula is C17H18N2O2S. The van der Waals surface area contributed by atoms with Crippen LogP contribution in [-0.2, 0) is 16.3 Å². The molecule has 1 fully saturated rings. The zero-order valence-corrected chi connectivity index (χ0v) is 13.0. The number of amides is 3. The number of thiol groups is 1. The van der Waals surface area contributed by atoms with E-state index in [1.54, 1.807) is 4.31 Å². The third kappa shape index (κ3) is 3.49. The van der Waals surface area contributed by atoms with Crippen molar-refractivity contribution in [1.29, 1.82) is 0 Å². The molecule has 0 spiro atoms. The van der Waals surface area contributed by atoms with Crippen molar-refractivity contribution < 1.29 is 9.59 Å². The summed E-state index contributed by atoms with van der Waals surface area (Å²) in [5.74, 6) is 1.39. The first-order valence-electron chi connectivity index (χ1n) is 7.16. The van der Waals surface area contributed by atoms with Crippen molar-refractivity contribution in [2.24, 2.45) is 0 Å². The lowest BCUT2D eigenvalue weighted by Gasteiger charge is -2.30. The van der Waals surface area contributed by atoms with Crippen molar-refractivity contribution in [2.75, 3.05) is 6.54 Å². The number of carbonyl (C=O) groups excluding carboxylic acids is 2. The SMILES string of the molecule is O=C1CN([SH](Cc2ccccc2)Cc2ccccc2)C(=O)N1. The Kier molecular flexibility index (Phi) is 4.44. The fourth-order valence-electron chi connectivity index (χ4n) is 2.47. The summed E-state index contributed by atoms with van der Waals surface area (Å²) in [7, 11) is 0. The molecule has 22 heavy (non-hydrogen) atoms. The number of benzene rings is 2. The van der Waals surface area contributed by atoms with Crippen LogP contribution in [0.25, 0.3) is 0 Å². The van der Waals surface area contributed by atoms with E-state index < -0.39 is 11.1 Å². The molecule has 0 radical (unpaired) electrons. The molecule has 1 N–H and O–H groups in total. The van der Waals surface area contributed by atoms with Gasteiger partial charge in [0.05, 0.1) is 0 Å². The largest absolute Gasteiger partial charge is 0.333 e. The molecule has 3 rings (SSSR count). The molecular weight excluding hydrogens is 296 g/mol. The normalized spacial score (nSPS) is 14.9. The molecule has 2 aromatic rings. The molecule has 3 amide bonds. The van der Waals surface area contributed by atoms with Crippen molar-refractivity contribution in [2.45, 2.75) is 11.5 Å². The van der Waals surface area contributed by atoms with Crippen molar-refractivity contribution in [3.8, 4) is 0 Å². The van der Waals surface area contributed by atoms with E-state index in [0.717, 1.165) is 11.5 Å². The molecule has 0 unspecified atom stereocenters. The van der Waals surface area contributed by atoms with Crippen molar-refractivity contribution >= 4 is 23.0 Å². The van der Waals surface area contributed by atoms with Crippen LogP contribution in [0.3, 0.4) is 0 Å². The number of hydrogen-bond acceptors (Lipinski definition) is 2. The van der Waals surface area contributed by atoms with Crippen LogP contribution in [0.5, 0.6) is 0 Å². The van der Waals surface area contributed by atoms with Crippen LogP contribution < -0.4 is 5.32 Å². The third-order valence-electron chi connectivity index (χ3n) is 3.53. The van der Waals surface area contributed by atoms with E-state index in [4.69, 9.17) is 0 Å². The van der Waals surface area contributed by atoms with Gasteiger partial charge in [-0.15, -0.1) is 0 Å². The third-order valence-corrected chi connectivity index (χ3v) is 6.00. The number of rotatable bonds is 5. The maximum absolute atomic E-state index is 12.0. The molecule has 4 nitrogen and oxygen atoms in total. The van der Waals surface area contributed by atoms with Gasteiger partial charge in [0.15, 0.2) is 0 Å². The van der Waals surface area contributed by atoms with Crippen LogP contribution in [0.2, 0.25) is 0 Å². The number of hydrogen-bond donors (Lipinski definition) is 2. The van der Waals surface area contributed by atoms with E-state index in [1.807, 2.05) is 36.4 Å². The smallest absolute Gasteiger partial charge is 0.279 e. The summed E-state index contributed by atoms with van der Waals surface area (Å²) in [5, 5.41) is 2.38. The van der Waals surface area contributed by atoms with Gasteiger partial charge in [0.2, 0.25) is 5.91 Å². The molecule has 0 atom stereocenters. The van der Waals surface area contributed by atoms with Gasteiger partial charge in [-0.3, -0.25) is 14.4 Å². The zero-order chi connectivity index (χ0) is 15.4. The minimum Gasteiger partial charge on any atom is -0.279 e. The molecule has 0 saturated carbocycles. The van der Waals surface area contributed by atoms with E-state index in [-0.39, 0.29) is 18.5 Å². The van der Waals surface area contributed by atoms with Gasteiger partial charge in [0.25, 0.3) is 0 Å². The van der Waals surface area contributed by atoms with Crippen LogP contribution in [0.4, 0.5) is 4.79 Å². The number of carbonyl (C=O) groups is 2. The number of nitrogens with zero attached hydrogens (tertiary/aromatic N) is 1. The fraction of sp³-hybridized carbons (Fsp3) is 0.176. The molecule has 1 heterocycles. The molecule has 114 valence electrons. The second-order valence-corrected chi connectivity index (χ2v) is 7.33. The summed E-state index contributed by atoms with van der Waals surface area (Å²) in [6.07, 6.45) is 0. The second kappa shape index (κ2) is 6.66. The maximum Gasteiger partial charge on any atom is 0.333 e. The molecule has 0 aromatic heterocycles. The standard InChI is InChI=1S/C17H18N2O2S/c20-16-11-19(17(21)18-16)22(12-14-7-3-1-4-8-14)13-15-9-5-2-6-10-15/h1-10,22H,11-13H2,(H,18,20,21). The van der Waals surface area contributed by atoms with E-state index in [2.05, 4.69) is 29.6 Å². The Balaban J connectivity index is 1.82. The predicted molar refractivity (Wildman–Crippen MR) is 89.5 cm³/mol. The minimum atomic E-state index is -0.780. The predicted octanol–water partition coefficient (Wildman–Crippen LogP) is 2.85. The number of imide groups is 1. The van der Waals surface area contributed by atoms with Gasteiger partial charge in [-0.2, -0.15) is 11.1 Å². The van der Waals surface area contributed by atoms with E-state index in [0.29, 0.717) is 0 Å². The summed E-state index contributed by atoms with van der Waals surface area (Å²) in [6, 6.07) is 20.0. The topological polar surface area (TPSA) is 49.4 Å². The van der Waals surface area contributed by atoms with Crippen LogP contribution in [0.15, 0.2) is 60.7 Å². The van der Waals surface area contributed by atoms with Crippen LogP contribution >= 0.6 is 11.1 Å². The van der Waals surface area contributed by atoms with Gasteiger partial charge in [-0.25, -0.2) is 4.79 Å². The highest BCUT2D eigenvalue weighted by atomic mass is 32.2. The molecule has 2 aromatic carbocycles. The minimum absolute atomic E-state index is 0.171. The summed E-state index contributed by atoms with van der Waals surface area (Å²) in [5.41, 5.74) is 2.38. The van der Waals surface area contributed by atoms with Gasteiger partial charge < -0.3 is 0 Å². The Morgan fingerprint density at radius 2 is 1.36 bits per heavy atom. The quantitative estimate of drug-likeness (QED) is 0.658. The van der Waals surface area contributed by atoms with Crippen LogP contribution in [0.1, 0.15) is 11.1 Å². The first-order valence-corrected chi connectivity index (χ1v) is 8.83. The van der Waals surface area contributed by atoms with Crippen LogP contribution in [-0.4, -0.2) is 22.8 Å². The monoisotopic (exact) mass is 314 g/mol. The van der Waals surface area contributed by atoms with Gasteiger partial charge in [-0.1, -0.05) is 60.7 Å². The van der Waals surface area contributed by atoms with Crippen LogP contribution in [0, 0.1) is 0 Å². The van der Waals surface area contributed by atoms with Gasteiger partial charge in [0.1, 0.15) is 6.54 Å². The first kappa shape index (κ1) is 14.7. The summed E-state index contributed by atoms with van der Waals surface area (Å²) >= 11 is -0.780. The van der Waals surface area contributed by atoms with E-state index in [1.165, 1.54) is 11.1 Å². The van der Waals surface area contributed by atoms with E-state index >= 15 is 0 Å². The lowest BCUT2D eigenvalue weighted by molar-refractivity contribution is -0.118. The maximum atomic E-state index is 12.0. The first-order chi connectivity index (χ1) is 10.7. The zero-order valence-electron chi connectivity index (χ0n) is 12.1. The fourth-order valence-corrected chi connectivity index (χ4v) is 4.83. The lowest BCUT2D eigenvalue weighted by Crippen LogP contribution is -2.27. The van der Waals surface area contributed by atoms with Crippen molar-refractivity contribution in [1.82, 2.24) is 9.62 Å². The molecule has 0 aliphatic carbocycles. The van der Waals surface area contributed by atoms with Gasteiger partial charge in [0, 0.05) is 11.5 Å². The Morgan fingerprint density at radius 3 is 1.77 bits per heavy atom. The van der Waals surface area contributed by atoms with E-state index in [9.17, 15) is 9.59 Å². The Hall–Kier alpha value is -2.27. The number of urea groups is 1. The summed E-state index contributed by atoms with van der Waals surface area (Å²) in [4.78, 5) is 23.5.